The lowest BCUT2D eigenvalue weighted by atomic mass is 10.2. The Balaban J connectivity index is 1.80. The van der Waals surface area contributed by atoms with Crippen molar-refractivity contribution >= 4 is 50.9 Å². The second-order valence-corrected chi connectivity index (χ2v) is 6.18. The summed E-state index contributed by atoms with van der Waals surface area (Å²) in [6.45, 7) is 0. The standard InChI is InChI=1S/C14H10BrN3O2S/c15-12-3-1-2-9(17-12)14(20)16-8-4-5-11-10(6-8)18-13(19)7-21-11/h1-6H,7H2,(H,16,20)(H,18,19). The van der Waals surface area contributed by atoms with Crippen LogP contribution in [-0.4, -0.2) is 22.6 Å². The molecule has 0 saturated heterocycles. The van der Waals surface area contributed by atoms with Gasteiger partial charge in [-0.3, -0.25) is 9.59 Å². The molecule has 2 amide bonds. The Morgan fingerprint density at radius 3 is 3.00 bits per heavy atom. The molecule has 0 atom stereocenters. The Hall–Kier alpha value is -1.86. The maximum atomic E-state index is 12.1. The van der Waals surface area contributed by atoms with Crippen LogP contribution in [0, 0.1) is 0 Å². The molecule has 2 heterocycles. The number of amides is 2. The van der Waals surface area contributed by atoms with Gasteiger partial charge >= 0.3 is 0 Å². The molecule has 0 spiro atoms. The van der Waals surface area contributed by atoms with Gasteiger partial charge in [-0.2, -0.15) is 0 Å². The van der Waals surface area contributed by atoms with Crippen molar-refractivity contribution in [1.82, 2.24) is 4.98 Å². The summed E-state index contributed by atoms with van der Waals surface area (Å²) >= 11 is 4.71. The Labute approximate surface area is 133 Å². The molecule has 0 saturated carbocycles. The molecule has 106 valence electrons. The number of benzene rings is 1. The summed E-state index contributed by atoms with van der Waals surface area (Å²) in [5, 5.41) is 5.56. The van der Waals surface area contributed by atoms with E-state index in [1.165, 1.54) is 11.8 Å². The second kappa shape index (κ2) is 5.87. The van der Waals surface area contributed by atoms with Gasteiger partial charge in [0.25, 0.3) is 5.91 Å². The number of aromatic nitrogens is 1. The molecule has 3 rings (SSSR count). The summed E-state index contributed by atoms with van der Waals surface area (Å²) < 4.78 is 0.601. The van der Waals surface area contributed by atoms with E-state index in [2.05, 4.69) is 31.5 Å². The number of thioether (sulfide) groups is 1. The highest BCUT2D eigenvalue weighted by atomic mass is 79.9. The molecule has 1 aromatic carbocycles. The van der Waals surface area contributed by atoms with Crippen molar-refractivity contribution in [3.8, 4) is 0 Å². The second-order valence-electron chi connectivity index (χ2n) is 4.35. The van der Waals surface area contributed by atoms with E-state index in [-0.39, 0.29) is 11.8 Å². The first kappa shape index (κ1) is 14.1. The lowest BCUT2D eigenvalue weighted by Gasteiger charge is -2.17. The van der Waals surface area contributed by atoms with Crippen molar-refractivity contribution < 1.29 is 9.59 Å². The predicted octanol–water partition coefficient (Wildman–Crippen LogP) is 3.14. The van der Waals surface area contributed by atoms with Crippen molar-refractivity contribution in [2.24, 2.45) is 0 Å². The van der Waals surface area contributed by atoms with E-state index >= 15 is 0 Å². The number of carbonyl (C=O) groups excluding carboxylic acids is 2. The average Bonchev–Trinajstić information content (AvgIpc) is 2.46. The molecule has 2 N–H and O–H groups in total. The fourth-order valence-electron chi connectivity index (χ4n) is 1.89. The topological polar surface area (TPSA) is 71.1 Å². The highest BCUT2D eigenvalue weighted by molar-refractivity contribution is 9.10. The molecule has 1 aliphatic rings. The number of rotatable bonds is 2. The van der Waals surface area contributed by atoms with Crippen molar-refractivity contribution in [3.63, 3.8) is 0 Å². The van der Waals surface area contributed by atoms with E-state index in [0.717, 1.165) is 10.6 Å². The number of nitrogens with zero attached hydrogens (tertiary/aromatic N) is 1. The van der Waals surface area contributed by atoms with Crippen LogP contribution in [0.2, 0.25) is 0 Å². The quantitative estimate of drug-likeness (QED) is 0.804. The monoisotopic (exact) mass is 363 g/mol. The molecular weight excluding hydrogens is 354 g/mol. The molecule has 7 heteroatoms. The van der Waals surface area contributed by atoms with Crippen molar-refractivity contribution in [1.29, 1.82) is 0 Å². The molecule has 0 bridgehead atoms. The zero-order chi connectivity index (χ0) is 14.8. The molecular formula is C14H10BrN3O2S. The van der Waals surface area contributed by atoms with Gasteiger partial charge in [0, 0.05) is 10.6 Å². The van der Waals surface area contributed by atoms with E-state index in [9.17, 15) is 9.59 Å². The highest BCUT2D eigenvalue weighted by Gasteiger charge is 2.16. The third kappa shape index (κ3) is 3.25. The van der Waals surface area contributed by atoms with E-state index < -0.39 is 0 Å². The lowest BCUT2D eigenvalue weighted by molar-refractivity contribution is -0.113. The maximum Gasteiger partial charge on any atom is 0.274 e. The number of pyridine rings is 1. The Morgan fingerprint density at radius 2 is 2.19 bits per heavy atom. The molecule has 5 nitrogen and oxygen atoms in total. The Morgan fingerprint density at radius 1 is 1.33 bits per heavy atom. The third-order valence-corrected chi connectivity index (χ3v) is 4.33. The minimum absolute atomic E-state index is 0.0374. The molecule has 0 radical (unpaired) electrons. The van der Waals surface area contributed by atoms with Crippen LogP contribution in [0.5, 0.6) is 0 Å². The van der Waals surface area contributed by atoms with Gasteiger partial charge in [0.1, 0.15) is 10.3 Å². The average molecular weight is 364 g/mol. The van der Waals surface area contributed by atoms with Gasteiger partial charge in [0.2, 0.25) is 5.91 Å². The van der Waals surface area contributed by atoms with Crippen LogP contribution in [-0.2, 0) is 4.79 Å². The Kier molecular flexibility index (Phi) is 3.94. The summed E-state index contributed by atoms with van der Waals surface area (Å²) in [6.07, 6.45) is 0. The summed E-state index contributed by atoms with van der Waals surface area (Å²) in [4.78, 5) is 28.6. The van der Waals surface area contributed by atoms with Crippen molar-refractivity contribution in [2.45, 2.75) is 4.90 Å². The molecule has 2 aromatic rings. The third-order valence-electron chi connectivity index (χ3n) is 2.82. The van der Waals surface area contributed by atoms with Crippen LogP contribution < -0.4 is 10.6 Å². The van der Waals surface area contributed by atoms with Gasteiger partial charge in [-0.25, -0.2) is 4.98 Å². The van der Waals surface area contributed by atoms with E-state index in [1.807, 2.05) is 6.07 Å². The summed E-state index contributed by atoms with van der Waals surface area (Å²) in [7, 11) is 0. The van der Waals surface area contributed by atoms with Gasteiger partial charge in [-0.1, -0.05) is 6.07 Å². The maximum absolute atomic E-state index is 12.1. The molecule has 0 unspecified atom stereocenters. The van der Waals surface area contributed by atoms with Gasteiger partial charge in [0.15, 0.2) is 0 Å². The Bertz CT molecular complexity index is 736. The van der Waals surface area contributed by atoms with Crippen LogP contribution in [0.15, 0.2) is 45.9 Å². The van der Waals surface area contributed by atoms with Gasteiger partial charge in [-0.05, 0) is 46.3 Å². The van der Waals surface area contributed by atoms with E-state index in [1.54, 1.807) is 30.3 Å². The first-order valence-electron chi connectivity index (χ1n) is 6.12. The van der Waals surface area contributed by atoms with Crippen LogP contribution >= 0.6 is 27.7 Å². The molecule has 0 aliphatic carbocycles. The highest BCUT2D eigenvalue weighted by Crippen LogP contribution is 2.33. The van der Waals surface area contributed by atoms with Crippen LogP contribution in [0.4, 0.5) is 11.4 Å². The smallest absolute Gasteiger partial charge is 0.274 e. The van der Waals surface area contributed by atoms with Gasteiger partial charge in [-0.15, -0.1) is 11.8 Å². The lowest BCUT2D eigenvalue weighted by Crippen LogP contribution is -2.19. The van der Waals surface area contributed by atoms with Crippen LogP contribution in [0.25, 0.3) is 0 Å². The minimum atomic E-state index is -0.300. The number of hydrogen-bond donors (Lipinski definition) is 2. The number of nitrogens with one attached hydrogen (secondary N) is 2. The SMILES string of the molecule is O=C1CSc2ccc(NC(=O)c3cccc(Br)n3)cc2N1. The zero-order valence-corrected chi connectivity index (χ0v) is 13.1. The number of anilines is 2. The van der Waals surface area contributed by atoms with Crippen molar-refractivity contribution in [2.75, 3.05) is 16.4 Å². The largest absolute Gasteiger partial charge is 0.324 e. The fourth-order valence-corrected chi connectivity index (χ4v) is 3.02. The number of hydrogen-bond acceptors (Lipinski definition) is 4. The van der Waals surface area contributed by atoms with E-state index in [4.69, 9.17) is 0 Å². The molecule has 1 aliphatic heterocycles. The predicted molar refractivity (Wildman–Crippen MR) is 85.7 cm³/mol. The molecule has 0 fully saturated rings. The first-order valence-corrected chi connectivity index (χ1v) is 7.90. The van der Waals surface area contributed by atoms with Gasteiger partial charge in [0.05, 0.1) is 11.4 Å². The van der Waals surface area contributed by atoms with Crippen molar-refractivity contribution in [3.05, 3.63) is 46.7 Å². The molecule has 1 aromatic heterocycles. The summed E-state index contributed by atoms with van der Waals surface area (Å²) in [5.74, 6) is 0.0800. The molecule has 21 heavy (non-hydrogen) atoms. The number of halogens is 1. The summed E-state index contributed by atoms with van der Waals surface area (Å²) in [5.41, 5.74) is 1.65. The zero-order valence-electron chi connectivity index (χ0n) is 10.7. The van der Waals surface area contributed by atoms with Crippen LogP contribution in [0.1, 0.15) is 10.5 Å². The number of fused-ring (bicyclic) bond motifs is 1. The summed E-state index contributed by atoms with van der Waals surface area (Å²) in [6, 6.07) is 10.6. The fraction of sp³-hybridized carbons (Fsp3) is 0.0714. The number of carbonyl (C=O) groups is 2. The van der Waals surface area contributed by atoms with E-state index in [0.29, 0.717) is 21.7 Å². The first-order chi connectivity index (χ1) is 10.1. The normalized spacial score (nSPS) is 13.3. The van der Waals surface area contributed by atoms with Crippen LogP contribution in [0.3, 0.4) is 0 Å². The minimum Gasteiger partial charge on any atom is -0.324 e. The van der Waals surface area contributed by atoms with Gasteiger partial charge < -0.3 is 10.6 Å².